The summed E-state index contributed by atoms with van der Waals surface area (Å²) < 4.78 is 12.9. The van der Waals surface area contributed by atoms with Gasteiger partial charge < -0.3 is 4.90 Å². The lowest BCUT2D eigenvalue weighted by molar-refractivity contribution is 0.545. The maximum Gasteiger partial charge on any atom is 0.128 e. The molecule has 100 valence electrons. The van der Waals surface area contributed by atoms with Crippen LogP contribution in [0.4, 0.5) is 4.39 Å². The van der Waals surface area contributed by atoms with Crippen molar-refractivity contribution in [3.63, 3.8) is 0 Å². The number of benzene rings is 1. The van der Waals surface area contributed by atoms with E-state index in [0.29, 0.717) is 0 Å². The molecule has 0 radical (unpaired) electrons. The van der Waals surface area contributed by atoms with Crippen LogP contribution in [-0.4, -0.2) is 17.3 Å². The lowest BCUT2D eigenvalue weighted by Crippen LogP contribution is -2.23. The lowest BCUT2D eigenvalue weighted by Gasteiger charge is -2.18. The Morgan fingerprint density at radius 1 is 1.16 bits per heavy atom. The highest BCUT2D eigenvalue weighted by Crippen LogP contribution is 2.27. The van der Waals surface area contributed by atoms with E-state index < -0.39 is 0 Å². The summed E-state index contributed by atoms with van der Waals surface area (Å²) in [7, 11) is 0. The van der Waals surface area contributed by atoms with Crippen molar-refractivity contribution in [3.05, 3.63) is 59.6 Å². The van der Waals surface area contributed by atoms with E-state index in [1.54, 1.807) is 0 Å². The first-order valence-electron chi connectivity index (χ1n) is 6.69. The Hall–Kier alpha value is -1.90. The first-order chi connectivity index (χ1) is 9.22. The Labute approximate surface area is 114 Å². The molecule has 2 aliphatic rings. The van der Waals surface area contributed by atoms with Gasteiger partial charge in [0.15, 0.2) is 0 Å². The smallest absolute Gasteiger partial charge is 0.128 e. The van der Waals surface area contributed by atoms with Crippen molar-refractivity contribution in [2.75, 3.05) is 6.54 Å². The Morgan fingerprint density at radius 3 is 2.53 bits per heavy atom. The van der Waals surface area contributed by atoms with Crippen LogP contribution in [0.15, 0.2) is 53.2 Å². The molecule has 0 aliphatic carbocycles. The number of nitrogens with zero attached hydrogens (tertiary/aromatic N) is 2. The number of amidine groups is 1. The Kier molecular flexibility index (Phi) is 4.15. The largest absolute Gasteiger partial charge is 0.331 e. The molecular formula is C16H19FN2. The van der Waals surface area contributed by atoms with Gasteiger partial charge in [-0.15, -0.1) is 0 Å². The van der Waals surface area contributed by atoms with E-state index in [1.165, 1.54) is 17.7 Å². The molecule has 0 fully saturated rings. The van der Waals surface area contributed by atoms with Crippen molar-refractivity contribution >= 4 is 5.84 Å². The molecule has 1 aromatic rings. The fourth-order valence-electron chi connectivity index (χ4n) is 2.17. The van der Waals surface area contributed by atoms with Crippen LogP contribution in [0, 0.1) is 5.82 Å². The fourth-order valence-corrected chi connectivity index (χ4v) is 2.17. The summed E-state index contributed by atoms with van der Waals surface area (Å²) in [5.41, 5.74) is 2.29. The summed E-state index contributed by atoms with van der Waals surface area (Å²) in [6, 6.07) is 6.71. The standard InChI is InChI=1S/C14H13FN2.C2H6/c1-10-2-7-14-16-13(9-17(14)8-10)11-3-5-12(15)6-4-11;1-2/h2-8,13H,9H2,1H3;1-2H3. The van der Waals surface area contributed by atoms with Gasteiger partial charge in [-0.1, -0.05) is 32.1 Å². The van der Waals surface area contributed by atoms with E-state index in [9.17, 15) is 4.39 Å². The van der Waals surface area contributed by atoms with Crippen LogP contribution in [0.2, 0.25) is 0 Å². The average molecular weight is 258 g/mol. The van der Waals surface area contributed by atoms with Crippen LogP contribution in [0.5, 0.6) is 0 Å². The highest BCUT2D eigenvalue weighted by molar-refractivity contribution is 5.96. The summed E-state index contributed by atoms with van der Waals surface area (Å²) in [4.78, 5) is 6.78. The van der Waals surface area contributed by atoms with Crippen LogP contribution >= 0.6 is 0 Å². The van der Waals surface area contributed by atoms with Gasteiger partial charge in [0.1, 0.15) is 11.7 Å². The molecule has 0 saturated carbocycles. The van der Waals surface area contributed by atoms with Crippen molar-refractivity contribution in [1.82, 2.24) is 4.90 Å². The van der Waals surface area contributed by atoms with Crippen molar-refractivity contribution in [2.45, 2.75) is 26.8 Å². The number of halogens is 1. The molecular weight excluding hydrogens is 239 g/mol. The zero-order valence-electron chi connectivity index (χ0n) is 11.6. The summed E-state index contributed by atoms with van der Waals surface area (Å²) in [6.45, 7) is 6.90. The summed E-state index contributed by atoms with van der Waals surface area (Å²) >= 11 is 0. The van der Waals surface area contributed by atoms with Crippen molar-refractivity contribution < 1.29 is 4.39 Å². The van der Waals surface area contributed by atoms with Crippen LogP contribution in [-0.2, 0) is 0 Å². The second-order valence-electron chi connectivity index (χ2n) is 4.41. The van der Waals surface area contributed by atoms with Gasteiger partial charge in [-0.2, -0.15) is 0 Å². The third kappa shape index (κ3) is 2.92. The molecule has 2 aliphatic heterocycles. The van der Waals surface area contributed by atoms with Crippen molar-refractivity contribution in [1.29, 1.82) is 0 Å². The molecule has 0 amide bonds. The van der Waals surface area contributed by atoms with E-state index in [0.717, 1.165) is 17.9 Å². The SMILES string of the molecule is CC.CC1=CN2CC(c3ccc(F)cc3)N=C2C=C1. The Morgan fingerprint density at radius 2 is 1.84 bits per heavy atom. The van der Waals surface area contributed by atoms with Crippen LogP contribution in [0.25, 0.3) is 0 Å². The topological polar surface area (TPSA) is 15.6 Å². The fraction of sp³-hybridized carbons (Fsp3) is 0.312. The number of allylic oxidation sites excluding steroid dienone is 2. The molecule has 1 atom stereocenters. The molecule has 3 rings (SSSR count). The first-order valence-corrected chi connectivity index (χ1v) is 6.69. The monoisotopic (exact) mass is 258 g/mol. The number of fused-ring (bicyclic) bond motifs is 1. The third-order valence-electron chi connectivity index (χ3n) is 3.06. The van der Waals surface area contributed by atoms with Crippen molar-refractivity contribution in [2.24, 2.45) is 4.99 Å². The minimum atomic E-state index is -0.201. The molecule has 1 unspecified atom stereocenters. The van der Waals surface area contributed by atoms with Gasteiger partial charge in [-0.25, -0.2) is 4.39 Å². The van der Waals surface area contributed by atoms with Crippen LogP contribution in [0.3, 0.4) is 0 Å². The number of hydrogen-bond donors (Lipinski definition) is 0. The third-order valence-corrected chi connectivity index (χ3v) is 3.06. The van der Waals surface area contributed by atoms with Crippen LogP contribution in [0.1, 0.15) is 32.4 Å². The molecule has 0 spiro atoms. The lowest BCUT2D eigenvalue weighted by atomic mass is 10.1. The van der Waals surface area contributed by atoms with Gasteiger partial charge in [0.05, 0.1) is 12.6 Å². The quantitative estimate of drug-likeness (QED) is 0.741. The molecule has 0 bridgehead atoms. The van der Waals surface area contributed by atoms with Gasteiger partial charge in [0.2, 0.25) is 0 Å². The summed E-state index contributed by atoms with van der Waals surface area (Å²) in [5.74, 6) is 0.790. The van der Waals surface area contributed by atoms with Gasteiger partial charge in [0.25, 0.3) is 0 Å². The second-order valence-corrected chi connectivity index (χ2v) is 4.41. The molecule has 0 N–H and O–H groups in total. The van der Waals surface area contributed by atoms with E-state index in [-0.39, 0.29) is 11.9 Å². The summed E-state index contributed by atoms with van der Waals surface area (Å²) in [6.07, 6.45) is 6.18. The Balaban J connectivity index is 0.000000637. The minimum absolute atomic E-state index is 0.109. The highest BCUT2D eigenvalue weighted by Gasteiger charge is 2.24. The molecule has 3 heteroatoms. The Bertz CT molecular complexity index is 526. The van der Waals surface area contributed by atoms with Crippen LogP contribution < -0.4 is 0 Å². The van der Waals surface area contributed by atoms with Gasteiger partial charge in [0, 0.05) is 6.20 Å². The van der Waals surface area contributed by atoms with E-state index in [1.807, 2.05) is 32.1 Å². The number of hydrogen-bond acceptors (Lipinski definition) is 2. The molecule has 0 saturated heterocycles. The van der Waals surface area contributed by atoms with E-state index in [4.69, 9.17) is 0 Å². The van der Waals surface area contributed by atoms with Gasteiger partial charge in [-0.05, 0) is 36.3 Å². The number of aliphatic imine (C=N–C) groups is 1. The predicted molar refractivity (Wildman–Crippen MR) is 77.5 cm³/mol. The maximum atomic E-state index is 12.9. The van der Waals surface area contributed by atoms with Crippen molar-refractivity contribution in [3.8, 4) is 0 Å². The van der Waals surface area contributed by atoms with Gasteiger partial charge in [-0.3, -0.25) is 4.99 Å². The normalized spacial score (nSPS) is 20.2. The van der Waals surface area contributed by atoms with E-state index >= 15 is 0 Å². The number of rotatable bonds is 1. The first kappa shape index (κ1) is 13.5. The van der Waals surface area contributed by atoms with E-state index in [2.05, 4.69) is 29.1 Å². The molecule has 2 nitrogen and oxygen atoms in total. The predicted octanol–water partition coefficient (Wildman–Crippen LogP) is 4.08. The molecule has 0 aromatic heterocycles. The maximum absolute atomic E-state index is 12.9. The molecule has 19 heavy (non-hydrogen) atoms. The van der Waals surface area contributed by atoms with Gasteiger partial charge >= 0.3 is 0 Å². The summed E-state index contributed by atoms with van der Waals surface area (Å²) in [5, 5.41) is 0. The molecule has 1 aromatic carbocycles. The zero-order chi connectivity index (χ0) is 13.8. The second kappa shape index (κ2) is 5.83. The molecule has 2 heterocycles. The highest BCUT2D eigenvalue weighted by atomic mass is 19.1. The average Bonchev–Trinajstić information content (AvgIpc) is 2.84. The zero-order valence-corrected chi connectivity index (χ0v) is 11.6. The minimum Gasteiger partial charge on any atom is -0.331 e.